The van der Waals surface area contributed by atoms with Gasteiger partial charge in [-0.05, 0) is 53.4 Å². The molecule has 0 fully saturated rings. The number of benzene rings is 3. The van der Waals surface area contributed by atoms with Crippen LogP contribution in [-0.4, -0.2) is 0 Å². The van der Waals surface area contributed by atoms with Crippen LogP contribution in [0.4, 0.5) is 26.3 Å². The molecule has 0 amide bonds. The van der Waals surface area contributed by atoms with Gasteiger partial charge in [0.1, 0.15) is 12.4 Å². The number of hydrogen-bond acceptors (Lipinski definition) is 2. The van der Waals surface area contributed by atoms with Gasteiger partial charge in [0.25, 0.3) is 0 Å². The second kappa shape index (κ2) is 8.79. The smallest absolute Gasteiger partial charge is 0.194 e. The molecule has 0 aliphatic carbocycles. The predicted molar refractivity (Wildman–Crippen MR) is 99.6 cm³/mol. The Morgan fingerprint density at radius 2 is 1.40 bits per heavy atom. The fourth-order valence-corrected chi connectivity index (χ4v) is 2.93. The average Bonchev–Trinajstić information content (AvgIpc) is 2.70. The molecule has 0 aromatic heterocycles. The normalized spacial score (nSPS) is 12.1. The number of hydrogen-bond donors (Lipinski definition) is 1. The quantitative estimate of drug-likeness (QED) is 0.378. The highest BCUT2D eigenvalue weighted by molar-refractivity contribution is 5.66. The molecular weight excluding hydrogens is 408 g/mol. The lowest BCUT2D eigenvalue weighted by atomic mass is 9.99. The minimum atomic E-state index is -1.66. The monoisotopic (exact) mass is 425 g/mol. The van der Waals surface area contributed by atoms with E-state index in [0.717, 1.165) is 12.1 Å². The van der Waals surface area contributed by atoms with Crippen LogP contribution in [0.25, 0.3) is 11.1 Å². The molecule has 0 spiro atoms. The highest BCUT2D eigenvalue weighted by atomic mass is 19.2. The van der Waals surface area contributed by atoms with Crippen LogP contribution in [0.1, 0.15) is 30.5 Å². The van der Waals surface area contributed by atoms with Crippen LogP contribution in [0.15, 0.2) is 42.5 Å². The van der Waals surface area contributed by atoms with E-state index in [1.54, 1.807) is 6.07 Å². The average molecular weight is 425 g/mol. The summed E-state index contributed by atoms with van der Waals surface area (Å²) < 4.78 is 87.7. The first-order chi connectivity index (χ1) is 14.2. The van der Waals surface area contributed by atoms with Crippen LogP contribution in [0.3, 0.4) is 0 Å². The van der Waals surface area contributed by atoms with Gasteiger partial charge in [-0.2, -0.15) is 0 Å². The zero-order valence-electron chi connectivity index (χ0n) is 15.8. The Kier molecular flexibility index (Phi) is 6.36. The van der Waals surface area contributed by atoms with Crippen LogP contribution < -0.4 is 10.5 Å². The Bertz CT molecular complexity index is 1040. The van der Waals surface area contributed by atoms with Crippen molar-refractivity contribution in [2.45, 2.75) is 26.0 Å². The lowest BCUT2D eigenvalue weighted by Gasteiger charge is -2.13. The maximum atomic E-state index is 14.4. The summed E-state index contributed by atoms with van der Waals surface area (Å²) in [6.45, 7) is 1.23. The van der Waals surface area contributed by atoms with Crippen molar-refractivity contribution in [3.8, 4) is 16.9 Å². The number of rotatable bonds is 6. The molecule has 0 aliphatic rings. The van der Waals surface area contributed by atoms with Crippen LogP contribution >= 0.6 is 0 Å². The van der Waals surface area contributed by atoms with Crippen molar-refractivity contribution < 1.29 is 31.1 Å². The third kappa shape index (κ3) is 4.43. The second-order valence-electron chi connectivity index (χ2n) is 6.69. The third-order valence-electron chi connectivity index (χ3n) is 4.60. The molecule has 0 radical (unpaired) electrons. The second-order valence-corrected chi connectivity index (χ2v) is 6.69. The van der Waals surface area contributed by atoms with Crippen molar-refractivity contribution >= 4 is 0 Å². The molecule has 2 N–H and O–H groups in total. The molecule has 8 heteroatoms. The van der Waals surface area contributed by atoms with E-state index < -0.39 is 47.3 Å². The summed E-state index contributed by atoms with van der Waals surface area (Å²) in [6, 6.07) is 6.86. The Morgan fingerprint density at radius 1 is 0.800 bits per heavy atom. The van der Waals surface area contributed by atoms with E-state index in [2.05, 4.69) is 0 Å². The van der Waals surface area contributed by atoms with Crippen molar-refractivity contribution in [2.75, 3.05) is 0 Å². The van der Waals surface area contributed by atoms with Gasteiger partial charge in [-0.1, -0.05) is 19.1 Å². The lowest BCUT2D eigenvalue weighted by molar-refractivity contribution is 0.272. The van der Waals surface area contributed by atoms with Gasteiger partial charge in [-0.3, -0.25) is 0 Å². The highest BCUT2D eigenvalue weighted by Gasteiger charge is 2.18. The summed E-state index contributed by atoms with van der Waals surface area (Å²) >= 11 is 0. The van der Waals surface area contributed by atoms with Gasteiger partial charge in [0.05, 0.1) is 0 Å². The van der Waals surface area contributed by atoms with Gasteiger partial charge in [0.15, 0.2) is 34.8 Å². The van der Waals surface area contributed by atoms with Gasteiger partial charge in [-0.15, -0.1) is 0 Å². The van der Waals surface area contributed by atoms with Crippen LogP contribution in [-0.2, 0) is 6.61 Å². The van der Waals surface area contributed by atoms with E-state index in [0.29, 0.717) is 24.1 Å². The summed E-state index contributed by atoms with van der Waals surface area (Å²) in [6.07, 6.45) is 0.593. The fraction of sp³-hybridized carbons (Fsp3) is 0.182. The van der Waals surface area contributed by atoms with E-state index in [-0.39, 0.29) is 22.7 Å². The van der Waals surface area contributed by atoms with E-state index in [1.165, 1.54) is 12.1 Å². The molecule has 1 atom stereocenters. The first kappa shape index (κ1) is 21.7. The van der Waals surface area contributed by atoms with E-state index in [1.807, 2.05) is 6.92 Å². The molecule has 3 aromatic carbocycles. The topological polar surface area (TPSA) is 35.2 Å². The minimum Gasteiger partial charge on any atom is -0.483 e. The van der Waals surface area contributed by atoms with E-state index >= 15 is 0 Å². The number of nitrogens with two attached hydrogens (primary N) is 1. The summed E-state index contributed by atoms with van der Waals surface area (Å²) in [5.41, 5.74) is 6.15. The van der Waals surface area contributed by atoms with Crippen LogP contribution in [0, 0.1) is 34.9 Å². The zero-order chi connectivity index (χ0) is 22.0. The standard InChI is InChI=1S/C22H17F6NO/c1-2-20(29)12-3-4-14(15(23)7-12)13-8-18(26)22(19(27)9-13)30-10-11-5-16(24)21(28)17(25)6-11/h3-9,20H,2,10,29H2,1H3. The molecule has 0 bridgehead atoms. The molecule has 0 aliphatic heterocycles. The van der Waals surface area contributed by atoms with Crippen molar-refractivity contribution in [3.63, 3.8) is 0 Å². The molecule has 2 nitrogen and oxygen atoms in total. The van der Waals surface area contributed by atoms with E-state index in [4.69, 9.17) is 10.5 Å². The molecule has 30 heavy (non-hydrogen) atoms. The Morgan fingerprint density at radius 3 is 1.93 bits per heavy atom. The first-order valence-electron chi connectivity index (χ1n) is 9.02. The summed E-state index contributed by atoms with van der Waals surface area (Å²) in [5.74, 6) is -8.34. The van der Waals surface area contributed by atoms with Gasteiger partial charge in [-0.25, -0.2) is 26.3 Å². The van der Waals surface area contributed by atoms with E-state index in [9.17, 15) is 26.3 Å². The molecule has 0 heterocycles. The third-order valence-corrected chi connectivity index (χ3v) is 4.60. The largest absolute Gasteiger partial charge is 0.483 e. The van der Waals surface area contributed by atoms with Gasteiger partial charge >= 0.3 is 0 Å². The van der Waals surface area contributed by atoms with Crippen molar-refractivity contribution in [1.29, 1.82) is 0 Å². The van der Waals surface area contributed by atoms with Gasteiger partial charge in [0, 0.05) is 11.6 Å². The van der Waals surface area contributed by atoms with Gasteiger partial charge in [0.2, 0.25) is 0 Å². The molecule has 0 saturated heterocycles. The maximum Gasteiger partial charge on any atom is 0.194 e. The van der Waals surface area contributed by atoms with Crippen LogP contribution in [0.5, 0.6) is 5.75 Å². The fourth-order valence-electron chi connectivity index (χ4n) is 2.93. The zero-order valence-corrected chi connectivity index (χ0v) is 15.8. The lowest BCUT2D eigenvalue weighted by Crippen LogP contribution is -2.09. The number of halogens is 6. The maximum absolute atomic E-state index is 14.4. The van der Waals surface area contributed by atoms with Crippen molar-refractivity contribution in [3.05, 3.63) is 88.5 Å². The predicted octanol–water partition coefficient (Wildman–Crippen LogP) is 6.18. The summed E-state index contributed by atoms with van der Waals surface area (Å²) in [5, 5.41) is 0. The van der Waals surface area contributed by atoms with Gasteiger partial charge < -0.3 is 10.5 Å². The Hall–Kier alpha value is -3.00. The Labute approximate surface area is 168 Å². The molecule has 3 aromatic rings. The Balaban J connectivity index is 1.86. The summed E-state index contributed by atoms with van der Waals surface area (Å²) in [4.78, 5) is 0. The number of ether oxygens (including phenoxy) is 1. The first-order valence-corrected chi connectivity index (χ1v) is 9.02. The van der Waals surface area contributed by atoms with Crippen molar-refractivity contribution in [1.82, 2.24) is 0 Å². The van der Waals surface area contributed by atoms with Crippen LogP contribution in [0.2, 0.25) is 0 Å². The molecule has 3 rings (SSSR count). The molecule has 158 valence electrons. The highest BCUT2D eigenvalue weighted by Crippen LogP contribution is 2.32. The minimum absolute atomic E-state index is 0.0333. The summed E-state index contributed by atoms with van der Waals surface area (Å²) in [7, 11) is 0. The SMILES string of the molecule is CCC(N)c1ccc(-c2cc(F)c(OCc3cc(F)c(F)c(F)c3)c(F)c2)c(F)c1. The molecular formula is C22H17F6NO. The molecule has 0 saturated carbocycles. The van der Waals surface area contributed by atoms with Crippen molar-refractivity contribution in [2.24, 2.45) is 5.73 Å². The molecule has 1 unspecified atom stereocenters.